The Labute approximate surface area is 181 Å². The first kappa shape index (κ1) is 22.1. The number of hydrogen-bond donors (Lipinski definition) is 4. The third-order valence-corrected chi connectivity index (χ3v) is 7.66. The summed E-state index contributed by atoms with van der Waals surface area (Å²) in [5, 5.41) is 24.3. The van der Waals surface area contributed by atoms with E-state index in [0.29, 0.717) is 13.1 Å². The molecule has 0 spiro atoms. The van der Waals surface area contributed by atoms with Crippen LogP contribution in [-0.2, 0) is 9.59 Å². The highest BCUT2D eigenvalue weighted by atomic mass is 16.4. The number of rotatable bonds is 8. The Hall–Kier alpha value is -2.14. The molecule has 6 fully saturated rings. The van der Waals surface area contributed by atoms with Gasteiger partial charge in [0.1, 0.15) is 12.1 Å². The van der Waals surface area contributed by atoms with Gasteiger partial charge in [0.05, 0.1) is 0 Å². The van der Waals surface area contributed by atoms with E-state index in [-0.39, 0.29) is 23.7 Å². The van der Waals surface area contributed by atoms with Crippen molar-refractivity contribution in [3.8, 4) is 0 Å². The number of carboxylic acid groups (broad SMARTS) is 2. The van der Waals surface area contributed by atoms with E-state index in [1.54, 1.807) is 0 Å². The van der Waals surface area contributed by atoms with Crippen LogP contribution in [0.3, 0.4) is 0 Å². The number of nitrogens with zero attached hydrogens (tertiary/aromatic N) is 2. The molecule has 169 valence electrons. The molecule has 6 heterocycles. The first-order chi connectivity index (χ1) is 14.8. The van der Waals surface area contributed by atoms with Gasteiger partial charge in [-0.15, -0.1) is 0 Å². The quantitative estimate of drug-likeness (QED) is 0.383. The van der Waals surface area contributed by atoms with Gasteiger partial charge in [-0.1, -0.05) is 0 Å². The fourth-order valence-corrected chi connectivity index (χ4v) is 5.99. The second-order valence-corrected chi connectivity index (χ2v) is 9.40. The number of hydrogen-bond acceptors (Lipinski definition) is 6. The van der Waals surface area contributed by atoms with Crippen molar-refractivity contribution in [1.82, 2.24) is 20.4 Å². The van der Waals surface area contributed by atoms with Crippen molar-refractivity contribution >= 4 is 30.8 Å². The molecule has 6 rings (SSSR count). The number of piperidine rings is 6. The number of carboxylic acids is 2. The minimum absolute atomic E-state index is 0.195. The van der Waals surface area contributed by atoms with Crippen molar-refractivity contribution in [1.29, 1.82) is 0 Å². The van der Waals surface area contributed by atoms with Gasteiger partial charge < -0.3 is 30.6 Å². The number of carbonyl (C=O) groups excluding carboxylic acids is 2. The molecule has 1 radical (unpaired) electrons. The highest BCUT2D eigenvalue weighted by molar-refractivity contribution is 6.96. The summed E-state index contributed by atoms with van der Waals surface area (Å²) in [5.41, 5.74) is 0. The maximum absolute atomic E-state index is 12.4. The van der Waals surface area contributed by atoms with Crippen LogP contribution in [0, 0.1) is 23.7 Å². The van der Waals surface area contributed by atoms with E-state index in [1.807, 2.05) is 0 Å². The van der Waals surface area contributed by atoms with E-state index in [1.165, 1.54) is 0 Å². The summed E-state index contributed by atoms with van der Waals surface area (Å²) in [7, 11) is 0.745. The summed E-state index contributed by atoms with van der Waals surface area (Å²) in [6.45, 7) is 5.04. The van der Waals surface area contributed by atoms with Crippen molar-refractivity contribution < 1.29 is 29.4 Å². The highest BCUT2D eigenvalue weighted by Gasteiger charge is 2.44. The van der Waals surface area contributed by atoms with E-state index < -0.39 is 35.6 Å². The van der Waals surface area contributed by atoms with Gasteiger partial charge in [0, 0.05) is 24.9 Å². The molecule has 31 heavy (non-hydrogen) atoms. The minimum atomic E-state index is -1.11. The van der Waals surface area contributed by atoms with Gasteiger partial charge in [0.25, 0.3) is 0 Å². The standard InChI is InChI=1S/C20H30BN4O6/c26-17(27)15(13-9-24-5-1-11(13)2-6-24)22-19(30)21-20(31)23-16(18(28)29)14-10-25-7-3-12(14)4-8-25/h11-16H,1-10H2,(H,22,30)(H,23,31)(H,26,27)(H,28,29)/t13-,14?,15?,16?/m0/s1. The predicted molar refractivity (Wildman–Crippen MR) is 111 cm³/mol. The molecule has 4 atom stereocenters. The zero-order chi connectivity index (χ0) is 22.1. The van der Waals surface area contributed by atoms with Crippen LogP contribution in [0.15, 0.2) is 0 Å². The van der Waals surface area contributed by atoms with E-state index in [4.69, 9.17) is 0 Å². The van der Waals surface area contributed by atoms with Crippen LogP contribution in [-0.4, -0.2) is 102 Å². The first-order valence-corrected chi connectivity index (χ1v) is 11.2. The number of nitrogens with one attached hydrogen (secondary N) is 2. The van der Waals surface area contributed by atoms with Gasteiger partial charge in [-0.25, -0.2) is 9.59 Å². The summed E-state index contributed by atoms with van der Waals surface area (Å²) in [5.74, 6) is -3.74. The number of carbonyl (C=O) groups is 4. The van der Waals surface area contributed by atoms with Gasteiger partial charge in [0.2, 0.25) is 0 Å². The molecular weight excluding hydrogens is 403 g/mol. The van der Waals surface area contributed by atoms with Crippen molar-refractivity contribution in [2.45, 2.75) is 37.8 Å². The van der Waals surface area contributed by atoms with Gasteiger partial charge in [-0.3, -0.25) is 9.59 Å². The van der Waals surface area contributed by atoms with E-state index >= 15 is 0 Å². The van der Waals surface area contributed by atoms with Crippen molar-refractivity contribution in [3.63, 3.8) is 0 Å². The van der Waals surface area contributed by atoms with Crippen LogP contribution in [0.5, 0.6) is 0 Å². The van der Waals surface area contributed by atoms with Crippen molar-refractivity contribution in [2.24, 2.45) is 23.7 Å². The number of fused-ring (bicyclic) bond motifs is 6. The first-order valence-electron chi connectivity index (χ1n) is 11.2. The summed E-state index contributed by atoms with van der Waals surface area (Å²) in [6, 6.07) is -2.14. The van der Waals surface area contributed by atoms with E-state index in [0.717, 1.165) is 59.1 Å². The number of amides is 2. The van der Waals surface area contributed by atoms with Gasteiger partial charge in [-0.05, 0) is 63.7 Å². The Morgan fingerprint density at radius 3 is 1.32 bits per heavy atom. The summed E-state index contributed by atoms with van der Waals surface area (Å²) in [4.78, 5) is 52.9. The molecule has 0 aromatic heterocycles. The lowest BCUT2D eigenvalue weighted by Crippen LogP contribution is -2.60. The lowest BCUT2D eigenvalue weighted by Gasteiger charge is -2.47. The fourth-order valence-electron chi connectivity index (χ4n) is 5.99. The number of aliphatic carboxylic acids is 2. The highest BCUT2D eigenvalue weighted by Crippen LogP contribution is 2.35. The topological polar surface area (TPSA) is 139 Å². The molecule has 6 aliphatic heterocycles. The van der Waals surface area contributed by atoms with Crippen LogP contribution < -0.4 is 10.6 Å². The maximum Gasteiger partial charge on any atom is 0.350 e. The summed E-state index contributed by atoms with van der Waals surface area (Å²) >= 11 is 0. The Morgan fingerprint density at radius 1 is 0.710 bits per heavy atom. The lowest BCUT2D eigenvalue weighted by molar-refractivity contribution is -0.143. The molecule has 6 aliphatic rings. The zero-order valence-electron chi connectivity index (χ0n) is 17.5. The van der Waals surface area contributed by atoms with Crippen molar-refractivity contribution in [2.75, 3.05) is 39.3 Å². The Kier molecular flexibility index (Phi) is 6.52. The Balaban J connectivity index is 1.33. The lowest BCUT2D eigenvalue weighted by atomic mass is 9.71. The SMILES string of the molecule is O=C([B]C(=O)NC(C(=O)O)[C@H]1CN2CCC1CC2)NC(C(=O)O)C1CN2CCC1CC2. The molecule has 0 aromatic rings. The third kappa shape index (κ3) is 4.87. The fraction of sp³-hybridized carbons (Fsp3) is 0.800. The molecule has 4 bridgehead atoms. The molecule has 0 aromatic carbocycles. The monoisotopic (exact) mass is 433 g/mol. The normalized spacial score (nSPS) is 35.6. The molecule has 0 saturated carbocycles. The minimum Gasteiger partial charge on any atom is -0.480 e. The largest absolute Gasteiger partial charge is 0.480 e. The van der Waals surface area contributed by atoms with Crippen LogP contribution in [0.1, 0.15) is 25.7 Å². The van der Waals surface area contributed by atoms with Crippen LogP contribution in [0.2, 0.25) is 0 Å². The zero-order valence-corrected chi connectivity index (χ0v) is 17.5. The van der Waals surface area contributed by atoms with Crippen LogP contribution in [0.25, 0.3) is 0 Å². The molecule has 4 N–H and O–H groups in total. The molecule has 6 saturated heterocycles. The smallest absolute Gasteiger partial charge is 0.350 e. The summed E-state index contributed by atoms with van der Waals surface area (Å²) < 4.78 is 0. The Bertz CT molecular complexity index is 675. The van der Waals surface area contributed by atoms with Crippen molar-refractivity contribution in [3.05, 3.63) is 0 Å². The Morgan fingerprint density at radius 2 is 1.06 bits per heavy atom. The molecule has 3 unspecified atom stereocenters. The average Bonchev–Trinajstić information content (AvgIpc) is 2.77. The average molecular weight is 433 g/mol. The predicted octanol–water partition coefficient (Wildman–Crippen LogP) is -0.300. The van der Waals surface area contributed by atoms with Gasteiger partial charge >= 0.3 is 19.2 Å². The maximum atomic E-state index is 12.4. The second kappa shape index (κ2) is 9.16. The van der Waals surface area contributed by atoms with Gasteiger partial charge in [0.15, 0.2) is 11.6 Å². The molecule has 2 amide bonds. The van der Waals surface area contributed by atoms with Crippen LogP contribution in [0.4, 0.5) is 9.59 Å². The molecule has 11 heteroatoms. The van der Waals surface area contributed by atoms with Crippen LogP contribution >= 0.6 is 0 Å². The molecule has 10 nitrogen and oxygen atoms in total. The van der Waals surface area contributed by atoms with E-state index in [2.05, 4.69) is 20.4 Å². The van der Waals surface area contributed by atoms with Gasteiger partial charge in [-0.2, -0.15) is 0 Å². The second-order valence-electron chi connectivity index (χ2n) is 9.40. The summed E-state index contributed by atoms with van der Waals surface area (Å²) in [6.07, 6.45) is 3.64. The molecule has 0 aliphatic carbocycles. The molecular formula is C20H30BN4O6. The van der Waals surface area contributed by atoms with E-state index in [9.17, 15) is 29.4 Å². The third-order valence-electron chi connectivity index (χ3n) is 7.66.